The molecule has 1 aliphatic carbocycles. The average molecular weight is 411 g/mol. The van der Waals surface area contributed by atoms with E-state index in [1.807, 2.05) is 12.3 Å². The van der Waals surface area contributed by atoms with Gasteiger partial charge in [-0.2, -0.15) is 0 Å². The molecule has 8 heteroatoms. The van der Waals surface area contributed by atoms with Gasteiger partial charge in [0.15, 0.2) is 11.6 Å². The van der Waals surface area contributed by atoms with Gasteiger partial charge in [0, 0.05) is 25.2 Å². The second kappa shape index (κ2) is 7.04. The second-order valence-electron chi connectivity index (χ2n) is 8.47. The van der Waals surface area contributed by atoms with Gasteiger partial charge in [0.25, 0.3) is 0 Å². The first-order valence-corrected chi connectivity index (χ1v) is 10.3. The van der Waals surface area contributed by atoms with Crippen LogP contribution in [0.2, 0.25) is 0 Å². The van der Waals surface area contributed by atoms with E-state index in [0.29, 0.717) is 5.56 Å². The molecule has 1 saturated carbocycles. The van der Waals surface area contributed by atoms with Gasteiger partial charge in [-0.15, -0.1) is 0 Å². The highest BCUT2D eigenvalue weighted by Crippen LogP contribution is 2.56. The highest BCUT2D eigenvalue weighted by atomic mass is 19.2. The fourth-order valence-corrected chi connectivity index (χ4v) is 4.71. The van der Waals surface area contributed by atoms with E-state index in [1.165, 1.54) is 6.07 Å². The van der Waals surface area contributed by atoms with Gasteiger partial charge in [0.1, 0.15) is 17.8 Å². The lowest BCUT2D eigenvalue weighted by Crippen LogP contribution is -2.48. The van der Waals surface area contributed by atoms with Crippen molar-refractivity contribution in [3.05, 3.63) is 54.0 Å². The number of hydrogen-bond acceptors (Lipinski definition) is 4. The zero-order valence-corrected chi connectivity index (χ0v) is 16.7. The predicted molar refractivity (Wildman–Crippen MR) is 109 cm³/mol. The van der Waals surface area contributed by atoms with Crippen LogP contribution in [0.25, 0.3) is 11.0 Å². The number of anilines is 1. The van der Waals surface area contributed by atoms with Gasteiger partial charge in [-0.05, 0) is 55.4 Å². The van der Waals surface area contributed by atoms with Crippen molar-refractivity contribution in [2.24, 2.45) is 11.3 Å². The first kappa shape index (κ1) is 19.0. The van der Waals surface area contributed by atoms with Crippen molar-refractivity contribution in [3.8, 4) is 0 Å². The number of benzene rings is 1. The summed E-state index contributed by atoms with van der Waals surface area (Å²) in [6.07, 6.45) is 6.16. The van der Waals surface area contributed by atoms with Crippen molar-refractivity contribution >= 4 is 22.8 Å². The first-order chi connectivity index (χ1) is 14.5. The van der Waals surface area contributed by atoms with Crippen molar-refractivity contribution in [1.82, 2.24) is 20.3 Å². The molecule has 2 aromatic heterocycles. The molecule has 3 heterocycles. The Morgan fingerprint density at radius 1 is 1.27 bits per heavy atom. The maximum Gasteiger partial charge on any atom is 0.224 e. The largest absolute Gasteiger partial charge is 0.355 e. The molecule has 156 valence electrons. The molecule has 1 aromatic carbocycles. The quantitative estimate of drug-likeness (QED) is 0.686. The fourth-order valence-electron chi connectivity index (χ4n) is 4.71. The van der Waals surface area contributed by atoms with E-state index in [1.54, 1.807) is 13.3 Å². The number of aromatic nitrogens is 3. The Hall–Kier alpha value is -3.03. The number of nitrogens with zero attached hydrogens (tertiary/aromatic N) is 3. The molecule has 0 radical (unpaired) electrons. The molecule has 6 nitrogen and oxygen atoms in total. The average Bonchev–Trinajstić information content (AvgIpc) is 3.31. The van der Waals surface area contributed by atoms with E-state index >= 15 is 0 Å². The van der Waals surface area contributed by atoms with Crippen LogP contribution in [0.15, 0.2) is 36.8 Å². The van der Waals surface area contributed by atoms with Crippen LogP contribution in [0.4, 0.5) is 14.6 Å². The number of carbonyl (C=O) groups is 1. The Labute approximate surface area is 172 Å². The van der Waals surface area contributed by atoms with Gasteiger partial charge in [-0.1, -0.05) is 6.07 Å². The number of hydrogen-bond donors (Lipinski definition) is 2. The normalized spacial score (nSPS) is 21.0. The van der Waals surface area contributed by atoms with Gasteiger partial charge in [-0.25, -0.2) is 18.7 Å². The molecule has 2 unspecified atom stereocenters. The molecule has 3 aromatic rings. The van der Waals surface area contributed by atoms with E-state index < -0.39 is 11.6 Å². The number of H-pyrrole nitrogens is 1. The summed E-state index contributed by atoms with van der Waals surface area (Å²) in [6.45, 7) is 3.31. The Bertz CT molecular complexity index is 1110. The lowest BCUT2D eigenvalue weighted by atomic mass is 9.81. The number of carbonyl (C=O) groups excluding carboxylic acids is 1. The summed E-state index contributed by atoms with van der Waals surface area (Å²) in [5.74, 6) is -0.991. The third-order valence-corrected chi connectivity index (χ3v) is 6.58. The molecule has 2 N–H and O–H groups in total. The van der Waals surface area contributed by atoms with Crippen molar-refractivity contribution in [2.45, 2.75) is 32.2 Å². The monoisotopic (exact) mass is 411 g/mol. The number of aromatic amines is 1. The van der Waals surface area contributed by atoms with Crippen LogP contribution in [-0.4, -0.2) is 33.9 Å². The molecule has 0 bridgehead atoms. The minimum atomic E-state index is -0.901. The standard InChI is InChI=1S/C22H23F2N5O/c1-13(14-2-3-17(23)18(24)10-14)28-21(30)16-5-9-29(11-22(16)6-7-22)20-15-4-8-25-19(15)26-12-27-20/h2-4,8,10,12-13,16H,5-7,9,11H2,1H3,(H,28,30)(H,25,26,27). The van der Waals surface area contributed by atoms with E-state index in [0.717, 1.165) is 61.3 Å². The Morgan fingerprint density at radius 2 is 2.10 bits per heavy atom. The number of fused-ring (bicyclic) bond motifs is 1. The molecule has 2 fully saturated rings. The minimum Gasteiger partial charge on any atom is -0.355 e. The summed E-state index contributed by atoms with van der Waals surface area (Å²) in [5.41, 5.74) is 1.31. The zero-order chi connectivity index (χ0) is 20.9. The van der Waals surface area contributed by atoms with Crippen molar-refractivity contribution in [2.75, 3.05) is 18.0 Å². The second-order valence-corrected chi connectivity index (χ2v) is 8.47. The number of nitrogens with one attached hydrogen (secondary N) is 2. The van der Waals surface area contributed by atoms with Crippen molar-refractivity contribution in [3.63, 3.8) is 0 Å². The van der Waals surface area contributed by atoms with Gasteiger partial charge >= 0.3 is 0 Å². The van der Waals surface area contributed by atoms with Crippen LogP contribution in [-0.2, 0) is 4.79 Å². The third-order valence-electron chi connectivity index (χ3n) is 6.58. The minimum absolute atomic E-state index is 0.0149. The van der Waals surface area contributed by atoms with E-state index in [4.69, 9.17) is 0 Å². The van der Waals surface area contributed by atoms with Crippen LogP contribution in [0.3, 0.4) is 0 Å². The van der Waals surface area contributed by atoms with Crippen LogP contribution in [0.5, 0.6) is 0 Å². The third kappa shape index (κ3) is 3.20. The molecule has 1 aliphatic heterocycles. The molecular weight excluding hydrogens is 388 g/mol. The highest BCUT2D eigenvalue weighted by Gasteiger charge is 2.55. The summed E-state index contributed by atoms with van der Waals surface area (Å²) < 4.78 is 26.8. The van der Waals surface area contributed by atoms with Crippen LogP contribution < -0.4 is 10.2 Å². The lowest BCUT2D eigenvalue weighted by molar-refractivity contribution is -0.128. The zero-order valence-electron chi connectivity index (χ0n) is 16.7. The molecule has 5 rings (SSSR count). The molecule has 30 heavy (non-hydrogen) atoms. The molecule has 1 saturated heterocycles. The number of rotatable bonds is 4. The smallest absolute Gasteiger partial charge is 0.224 e. The SMILES string of the molecule is CC(NC(=O)C1CCN(c2ncnc3[nH]ccc23)CC12CC2)c1ccc(F)c(F)c1. The molecule has 2 aliphatic rings. The Kier molecular flexibility index (Phi) is 4.45. The molecule has 2 atom stereocenters. The highest BCUT2D eigenvalue weighted by molar-refractivity contribution is 5.88. The van der Waals surface area contributed by atoms with Crippen LogP contribution >= 0.6 is 0 Å². The Morgan fingerprint density at radius 3 is 2.87 bits per heavy atom. The fraction of sp³-hybridized carbons (Fsp3) is 0.409. The molecular formula is C22H23F2N5O. The summed E-state index contributed by atoms with van der Waals surface area (Å²) >= 11 is 0. The van der Waals surface area contributed by atoms with Gasteiger partial charge in [-0.3, -0.25) is 4.79 Å². The van der Waals surface area contributed by atoms with E-state index in [2.05, 4.69) is 25.2 Å². The predicted octanol–water partition coefficient (Wildman–Crippen LogP) is 3.72. The van der Waals surface area contributed by atoms with Gasteiger partial charge in [0.05, 0.1) is 11.4 Å². The summed E-state index contributed by atoms with van der Waals surface area (Å²) in [7, 11) is 0. The van der Waals surface area contributed by atoms with E-state index in [-0.39, 0.29) is 23.3 Å². The van der Waals surface area contributed by atoms with Crippen molar-refractivity contribution in [1.29, 1.82) is 0 Å². The number of halogens is 2. The van der Waals surface area contributed by atoms with Gasteiger partial charge in [0.2, 0.25) is 5.91 Å². The Balaban J connectivity index is 1.30. The maximum atomic E-state index is 13.6. The maximum absolute atomic E-state index is 13.6. The van der Waals surface area contributed by atoms with Crippen molar-refractivity contribution < 1.29 is 13.6 Å². The number of piperidine rings is 1. The topological polar surface area (TPSA) is 73.9 Å². The first-order valence-electron chi connectivity index (χ1n) is 10.3. The van der Waals surface area contributed by atoms with Crippen LogP contribution in [0, 0.1) is 23.0 Å². The van der Waals surface area contributed by atoms with Gasteiger partial charge < -0.3 is 15.2 Å². The summed E-state index contributed by atoms with van der Waals surface area (Å²) in [4.78, 5) is 27.2. The lowest BCUT2D eigenvalue weighted by Gasteiger charge is -2.39. The molecule has 1 spiro atoms. The summed E-state index contributed by atoms with van der Waals surface area (Å²) in [6, 6.07) is 5.34. The number of amides is 1. The van der Waals surface area contributed by atoms with Crippen LogP contribution in [0.1, 0.15) is 37.8 Å². The summed E-state index contributed by atoms with van der Waals surface area (Å²) in [5, 5.41) is 4.00. The molecule has 1 amide bonds. The van der Waals surface area contributed by atoms with E-state index in [9.17, 15) is 13.6 Å².